The Morgan fingerprint density at radius 2 is 2.00 bits per heavy atom. The van der Waals surface area contributed by atoms with Crippen LogP contribution in [0.5, 0.6) is 0 Å². The van der Waals surface area contributed by atoms with Crippen LogP contribution in [0.3, 0.4) is 0 Å². The topological polar surface area (TPSA) is 82.3 Å². The predicted molar refractivity (Wildman–Crippen MR) is 70.4 cm³/mol. The van der Waals surface area contributed by atoms with Gasteiger partial charge in [0.1, 0.15) is 5.60 Å². The minimum Gasteiger partial charge on any atom is -0.444 e. The van der Waals surface area contributed by atoms with E-state index in [0.717, 1.165) is 0 Å². The summed E-state index contributed by atoms with van der Waals surface area (Å²) in [4.78, 5) is 11.4. The molecule has 0 aliphatic rings. The van der Waals surface area contributed by atoms with Crippen molar-refractivity contribution in [3.8, 4) is 6.07 Å². The van der Waals surface area contributed by atoms with Gasteiger partial charge in [0.25, 0.3) is 0 Å². The molecule has 102 valence electrons. The summed E-state index contributed by atoms with van der Waals surface area (Å²) in [5, 5.41) is 21.0. The lowest BCUT2D eigenvalue weighted by Crippen LogP contribution is -2.34. The van der Waals surface area contributed by atoms with E-state index >= 15 is 0 Å². The highest BCUT2D eigenvalue weighted by molar-refractivity contribution is 5.67. The number of aliphatic hydroxyl groups is 1. The van der Waals surface area contributed by atoms with Gasteiger partial charge in [0, 0.05) is 0 Å². The number of carbonyl (C=O) groups is 1. The first kappa shape index (κ1) is 15.0. The van der Waals surface area contributed by atoms with Gasteiger partial charge in [-0.1, -0.05) is 12.1 Å². The molecule has 5 heteroatoms. The summed E-state index contributed by atoms with van der Waals surface area (Å²) in [7, 11) is 0. The zero-order valence-electron chi connectivity index (χ0n) is 11.3. The highest BCUT2D eigenvalue weighted by atomic mass is 16.6. The molecule has 1 aromatic rings. The molecule has 1 aromatic carbocycles. The van der Waals surface area contributed by atoms with Crippen LogP contribution in [0.2, 0.25) is 0 Å². The number of benzene rings is 1. The Morgan fingerprint density at radius 1 is 1.42 bits per heavy atom. The van der Waals surface area contributed by atoms with Crippen molar-refractivity contribution in [2.24, 2.45) is 0 Å². The molecule has 0 radical (unpaired) electrons. The minimum atomic E-state index is -0.833. The van der Waals surface area contributed by atoms with Crippen LogP contribution in [-0.2, 0) is 4.74 Å². The Kier molecular flexibility index (Phi) is 4.90. The fourth-order valence-corrected chi connectivity index (χ4v) is 1.39. The van der Waals surface area contributed by atoms with Gasteiger partial charge in [-0.25, -0.2) is 4.79 Å². The van der Waals surface area contributed by atoms with Crippen LogP contribution in [0, 0.1) is 11.3 Å². The van der Waals surface area contributed by atoms with E-state index in [0.29, 0.717) is 11.1 Å². The molecule has 5 nitrogen and oxygen atoms in total. The summed E-state index contributed by atoms with van der Waals surface area (Å²) >= 11 is 0. The van der Waals surface area contributed by atoms with Crippen LogP contribution in [0.15, 0.2) is 24.3 Å². The molecular formula is C14H18N2O3. The van der Waals surface area contributed by atoms with Crippen molar-refractivity contribution in [2.75, 3.05) is 6.54 Å². The molecule has 0 heterocycles. The predicted octanol–water partition coefficient (Wildman–Crippen LogP) is 2.12. The molecule has 0 aliphatic heterocycles. The average Bonchev–Trinajstić information content (AvgIpc) is 2.34. The number of hydrogen-bond acceptors (Lipinski definition) is 4. The maximum absolute atomic E-state index is 11.4. The molecule has 2 N–H and O–H groups in total. The molecule has 0 aliphatic carbocycles. The molecule has 19 heavy (non-hydrogen) atoms. The Labute approximate surface area is 112 Å². The second-order valence-corrected chi connectivity index (χ2v) is 5.13. The van der Waals surface area contributed by atoms with E-state index in [1.54, 1.807) is 45.0 Å². The lowest BCUT2D eigenvalue weighted by Gasteiger charge is -2.20. The second-order valence-electron chi connectivity index (χ2n) is 5.13. The number of hydrogen-bond donors (Lipinski definition) is 2. The van der Waals surface area contributed by atoms with Gasteiger partial charge in [-0.05, 0) is 38.5 Å². The van der Waals surface area contributed by atoms with Crippen molar-refractivity contribution >= 4 is 6.09 Å². The molecule has 0 spiro atoms. The third kappa shape index (κ3) is 5.40. The first-order valence-electron chi connectivity index (χ1n) is 5.97. The number of nitrogens with zero attached hydrogens (tertiary/aromatic N) is 1. The van der Waals surface area contributed by atoms with E-state index in [9.17, 15) is 9.90 Å². The standard InChI is InChI=1S/C14H18N2O3/c1-14(2,3)19-13(18)16-9-12(17)11-6-4-10(8-15)5-7-11/h4-7,12,17H,9H2,1-3H3,(H,16,18). The average molecular weight is 262 g/mol. The van der Waals surface area contributed by atoms with Crippen molar-refractivity contribution in [1.82, 2.24) is 5.32 Å². The van der Waals surface area contributed by atoms with Gasteiger partial charge in [-0.3, -0.25) is 0 Å². The molecular weight excluding hydrogens is 244 g/mol. The summed E-state index contributed by atoms with van der Waals surface area (Å²) in [5.74, 6) is 0. The molecule has 1 unspecified atom stereocenters. The maximum atomic E-state index is 11.4. The van der Waals surface area contributed by atoms with Gasteiger partial charge in [-0.15, -0.1) is 0 Å². The molecule has 0 saturated carbocycles. The van der Waals surface area contributed by atoms with Gasteiger partial charge in [0.05, 0.1) is 24.3 Å². The summed E-state index contributed by atoms with van der Waals surface area (Å²) in [6.07, 6.45) is -1.40. The lowest BCUT2D eigenvalue weighted by molar-refractivity contribution is 0.0492. The van der Waals surface area contributed by atoms with Gasteiger partial charge < -0.3 is 15.2 Å². The van der Waals surface area contributed by atoms with E-state index in [4.69, 9.17) is 10.00 Å². The number of aliphatic hydroxyl groups excluding tert-OH is 1. The van der Waals surface area contributed by atoms with Crippen LogP contribution < -0.4 is 5.32 Å². The van der Waals surface area contributed by atoms with E-state index < -0.39 is 17.8 Å². The van der Waals surface area contributed by atoms with E-state index in [1.807, 2.05) is 6.07 Å². The smallest absolute Gasteiger partial charge is 0.407 e. The van der Waals surface area contributed by atoms with Crippen LogP contribution in [0.4, 0.5) is 4.79 Å². The molecule has 0 aromatic heterocycles. The van der Waals surface area contributed by atoms with Crippen molar-refractivity contribution in [3.63, 3.8) is 0 Å². The Hall–Kier alpha value is -2.06. The number of rotatable bonds is 3. The number of nitriles is 1. The van der Waals surface area contributed by atoms with Gasteiger partial charge >= 0.3 is 6.09 Å². The Balaban J connectivity index is 2.49. The van der Waals surface area contributed by atoms with E-state index in [-0.39, 0.29) is 6.54 Å². The summed E-state index contributed by atoms with van der Waals surface area (Å²) in [6, 6.07) is 8.54. The van der Waals surface area contributed by atoms with Crippen LogP contribution in [-0.4, -0.2) is 23.3 Å². The summed E-state index contributed by atoms with van der Waals surface area (Å²) < 4.78 is 5.06. The number of nitrogens with one attached hydrogen (secondary N) is 1. The third-order valence-electron chi connectivity index (χ3n) is 2.26. The zero-order chi connectivity index (χ0) is 14.5. The number of carbonyl (C=O) groups excluding carboxylic acids is 1. The SMILES string of the molecule is CC(C)(C)OC(=O)NCC(O)c1ccc(C#N)cc1. The third-order valence-corrected chi connectivity index (χ3v) is 2.26. The molecule has 1 atom stereocenters. The molecule has 0 fully saturated rings. The highest BCUT2D eigenvalue weighted by Crippen LogP contribution is 2.13. The van der Waals surface area contributed by atoms with Crippen molar-refractivity contribution in [1.29, 1.82) is 5.26 Å². The highest BCUT2D eigenvalue weighted by Gasteiger charge is 2.17. The van der Waals surface area contributed by atoms with Gasteiger partial charge in [0.2, 0.25) is 0 Å². The summed E-state index contributed by atoms with van der Waals surface area (Å²) in [5.41, 5.74) is 0.592. The van der Waals surface area contributed by atoms with Gasteiger partial charge in [-0.2, -0.15) is 5.26 Å². The fourth-order valence-electron chi connectivity index (χ4n) is 1.39. The Morgan fingerprint density at radius 3 is 2.47 bits per heavy atom. The first-order valence-corrected chi connectivity index (χ1v) is 5.97. The number of alkyl carbamates (subject to hydrolysis) is 1. The fraction of sp³-hybridized carbons (Fsp3) is 0.429. The minimum absolute atomic E-state index is 0.0564. The molecule has 0 saturated heterocycles. The number of amides is 1. The molecule has 0 bridgehead atoms. The van der Waals surface area contributed by atoms with Crippen molar-refractivity contribution < 1.29 is 14.6 Å². The van der Waals surface area contributed by atoms with Crippen LogP contribution >= 0.6 is 0 Å². The zero-order valence-corrected chi connectivity index (χ0v) is 11.3. The molecule has 1 amide bonds. The van der Waals surface area contributed by atoms with E-state index in [1.165, 1.54) is 0 Å². The quantitative estimate of drug-likeness (QED) is 0.874. The summed E-state index contributed by atoms with van der Waals surface area (Å²) in [6.45, 7) is 5.36. The molecule has 1 rings (SSSR count). The van der Waals surface area contributed by atoms with Crippen molar-refractivity contribution in [2.45, 2.75) is 32.5 Å². The van der Waals surface area contributed by atoms with Crippen LogP contribution in [0.25, 0.3) is 0 Å². The lowest BCUT2D eigenvalue weighted by atomic mass is 10.1. The first-order chi connectivity index (χ1) is 8.81. The van der Waals surface area contributed by atoms with E-state index in [2.05, 4.69) is 5.32 Å². The monoisotopic (exact) mass is 262 g/mol. The van der Waals surface area contributed by atoms with Crippen LogP contribution in [0.1, 0.15) is 38.0 Å². The largest absolute Gasteiger partial charge is 0.444 e. The number of ether oxygens (including phenoxy) is 1. The van der Waals surface area contributed by atoms with Crippen molar-refractivity contribution in [3.05, 3.63) is 35.4 Å². The second kappa shape index (κ2) is 6.21. The normalized spacial score (nSPS) is 12.4. The Bertz CT molecular complexity index is 469. The van der Waals surface area contributed by atoms with Gasteiger partial charge in [0.15, 0.2) is 0 Å². The maximum Gasteiger partial charge on any atom is 0.407 e.